The van der Waals surface area contributed by atoms with Crippen molar-refractivity contribution in [2.24, 2.45) is 5.73 Å². The van der Waals surface area contributed by atoms with Gasteiger partial charge in [-0.2, -0.15) is 0 Å². The molecule has 1 unspecified atom stereocenters. The molecular formula is C9H11NO3S. The summed E-state index contributed by atoms with van der Waals surface area (Å²) in [4.78, 5) is 11.4. The van der Waals surface area contributed by atoms with Gasteiger partial charge in [-0.1, -0.05) is 6.07 Å². The molecular weight excluding hydrogens is 202 g/mol. The van der Waals surface area contributed by atoms with E-state index in [1.54, 1.807) is 18.4 Å². The number of phenols is 1. The van der Waals surface area contributed by atoms with E-state index in [-0.39, 0.29) is 11.3 Å². The number of carboxylic acids is 1. The highest BCUT2D eigenvalue weighted by atomic mass is 32.2. The Morgan fingerprint density at radius 1 is 1.57 bits per heavy atom. The van der Waals surface area contributed by atoms with Crippen LogP contribution in [-0.2, 0) is 4.79 Å². The van der Waals surface area contributed by atoms with E-state index in [1.165, 1.54) is 17.8 Å². The Hall–Kier alpha value is -1.20. The Morgan fingerprint density at radius 3 is 2.71 bits per heavy atom. The van der Waals surface area contributed by atoms with E-state index in [4.69, 9.17) is 10.8 Å². The average molecular weight is 213 g/mol. The van der Waals surface area contributed by atoms with E-state index < -0.39 is 12.0 Å². The summed E-state index contributed by atoms with van der Waals surface area (Å²) in [5.74, 6) is -1.23. The molecule has 0 aliphatic rings. The second-order valence-electron chi connectivity index (χ2n) is 2.71. The van der Waals surface area contributed by atoms with E-state index in [2.05, 4.69) is 0 Å². The predicted octanol–water partition coefficient (Wildman–Crippen LogP) is 1.20. The lowest BCUT2D eigenvalue weighted by atomic mass is 10.1. The van der Waals surface area contributed by atoms with Crippen LogP contribution in [0.4, 0.5) is 0 Å². The first-order valence-electron chi connectivity index (χ1n) is 3.92. The average Bonchev–Trinajstić information content (AvgIpc) is 2.16. The van der Waals surface area contributed by atoms with Gasteiger partial charge in [0.2, 0.25) is 0 Å². The van der Waals surface area contributed by atoms with Crippen molar-refractivity contribution in [2.75, 3.05) is 6.26 Å². The van der Waals surface area contributed by atoms with Gasteiger partial charge >= 0.3 is 5.97 Å². The fourth-order valence-corrected chi connectivity index (χ4v) is 1.81. The fraction of sp³-hybridized carbons (Fsp3) is 0.222. The molecule has 1 aromatic carbocycles. The van der Waals surface area contributed by atoms with Gasteiger partial charge in [0.25, 0.3) is 0 Å². The maximum Gasteiger partial charge on any atom is 0.325 e. The lowest BCUT2D eigenvalue weighted by molar-refractivity contribution is -0.138. The van der Waals surface area contributed by atoms with Crippen LogP contribution in [0.25, 0.3) is 0 Å². The molecule has 1 atom stereocenters. The van der Waals surface area contributed by atoms with Crippen molar-refractivity contribution in [2.45, 2.75) is 10.9 Å². The highest BCUT2D eigenvalue weighted by molar-refractivity contribution is 7.98. The Labute approximate surface area is 85.7 Å². The van der Waals surface area contributed by atoms with Crippen LogP contribution in [-0.4, -0.2) is 22.4 Å². The second kappa shape index (κ2) is 4.34. The van der Waals surface area contributed by atoms with Crippen LogP contribution in [0.3, 0.4) is 0 Å². The Bertz CT molecular complexity index is 354. The van der Waals surface area contributed by atoms with Crippen LogP contribution >= 0.6 is 11.8 Å². The summed E-state index contributed by atoms with van der Waals surface area (Å²) < 4.78 is 0. The number of carbonyl (C=O) groups is 1. The summed E-state index contributed by atoms with van der Waals surface area (Å²) in [6, 6.07) is 3.62. The third-order valence-electron chi connectivity index (χ3n) is 1.84. The molecule has 0 aliphatic carbocycles. The number of phenolic OH excluding ortho intramolecular Hbond substituents is 1. The third kappa shape index (κ3) is 2.00. The minimum atomic E-state index is -1.18. The van der Waals surface area contributed by atoms with Crippen molar-refractivity contribution in [3.8, 4) is 5.75 Å². The summed E-state index contributed by atoms with van der Waals surface area (Å²) in [5, 5.41) is 18.2. The molecule has 0 saturated heterocycles. The Balaban J connectivity index is 3.23. The normalized spacial score (nSPS) is 12.4. The van der Waals surface area contributed by atoms with E-state index in [0.29, 0.717) is 4.90 Å². The molecule has 0 fully saturated rings. The molecule has 0 saturated carbocycles. The Kier molecular flexibility index (Phi) is 3.38. The number of hydrogen-bond donors (Lipinski definition) is 3. The number of thioether (sulfide) groups is 1. The summed E-state index contributed by atoms with van der Waals surface area (Å²) in [7, 11) is 0. The number of aromatic hydroxyl groups is 1. The van der Waals surface area contributed by atoms with Crippen molar-refractivity contribution >= 4 is 17.7 Å². The van der Waals surface area contributed by atoms with Crippen LogP contribution in [0, 0.1) is 0 Å². The van der Waals surface area contributed by atoms with Crippen molar-refractivity contribution in [1.29, 1.82) is 0 Å². The molecule has 0 amide bonds. The smallest absolute Gasteiger partial charge is 0.325 e. The van der Waals surface area contributed by atoms with Crippen molar-refractivity contribution < 1.29 is 15.0 Å². The molecule has 5 heteroatoms. The molecule has 0 spiro atoms. The van der Waals surface area contributed by atoms with Crippen LogP contribution < -0.4 is 5.73 Å². The Morgan fingerprint density at radius 2 is 2.21 bits per heavy atom. The maximum atomic E-state index is 10.7. The monoisotopic (exact) mass is 213 g/mol. The molecule has 76 valence electrons. The molecule has 0 aliphatic heterocycles. The van der Waals surface area contributed by atoms with Gasteiger partial charge < -0.3 is 15.9 Å². The zero-order chi connectivity index (χ0) is 10.7. The molecule has 1 aromatic rings. The highest BCUT2D eigenvalue weighted by Crippen LogP contribution is 2.32. The molecule has 0 heterocycles. The SMILES string of the molecule is CSc1cccc(O)c1C(N)C(=O)O. The zero-order valence-electron chi connectivity index (χ0n) is 7.60. The van der Waals surface area contributed by atoms with Gasteiger partial charge in [-0.15, -0.1) is 11.8 Å². The molecule has 1 rings (SSSR count). The van der Waals surface area contributed by atoms with Crippen molar-refractivity contribution in [3.63, 3.8) is 0 Å². The van der Waals surface area contributed by atoms with Crippen LogP contribution in [0.2, 0.25) is 0 Å². The largest absolute Gasteiger partial charge is 0.508 e. The van der Waals surface area contributed by atoms with Gasteiger partial charge in [0.15, 0.2) is 0 Å². The molecule has 4 nitrogen and oxygen atoms in total. The number of hydrogen-bond acceptors (Lipinski definition) is 4. The number of rotatable bonds is 3. The van der Waals surface area contributed by atoms with E-state index in [1.807, 2.05) is 0 Å². The first-order valence-corrected chi connectivity index (χ1v) is 5.14. The number of carboxylic acid groups (broad SMARTS) is 1. The minimum Gasteiger partial charge on any atom is -0.508 e. The minimum absolute atomic E-state index is 0.0771. The van der Waals surface area contributed by atoms with Crippen molar-refractivity contribution in [1.82, 2.24) is 0 Å². The lowest BCUT2D eigenvalue weighted by Gasteiger charge is -2.12. The molecule has 0 aromatic heterocycles. The molecule has 14 heavy (non-hydrogen) atoms. The third-order valence-corrected chi connectivity index (χ3v) is 2.64. The standard InChI is InChI=1S/C9H11NO3S/c1-14-6-4-2-3-5(11)7(6)8(10)9(12)13/h2-4,8,11H,10H2,1H3,(H,12,13). The van der Waals surface area contributed by atoms with Crippen molar-refractivity contribution in [3.05, 3.63) is 23.8 Å². The summed E-state index contributed by atoms with van der Waals surface area (Å²) in [6.07, 6.45) is 1.80. The quantitative estimate of drug-likeness (QED) is 0.657. The van der Waals surface area contributed by atoms with Gasteiger partial charge in [-0.3, -0.25) is 4.79 Å². The summed E-state index contributed by atoms with van der Waals surface area (Å²) >= 11 is 1.35. The lowest BCUT2D eigenvalue weighted by Crippen LogP contribution is -2.21. The van der Waals surface area contributed by atoms with Gasteiger partial charge in [0.1, 0.15) is 11.8 Å². The van der Waals surface area contributed by atoms with Gasteiger partial charge in [0, 0.05) is 10.5 Å². The second-order valence-corrected chi connectivity index (χ2v) is 3.56. The molecule has 0 bridgehead atoms. The summed E-state index contributed by atoms with van der Waals surface area (Å²) in [5.41, 5.74) is 5.71. The molecule has 4 N–H and O–H groups in total. The molecule has 0 radical (unpaired) electrons. The van der Waals surface area contributed by atoms with Crippen LogP contribution in [0.15, 0.2) is 23.1 Å². The van der Waals surface area contributed by atoms with E-state index in [0.717, 1.165) is 0 Å². The number of aliphatic carboxylic acids is 1. The van der Waals surface area contributed by atoms with Gasteiger partial charge in [0.05, 0.1) is 0 Å². The topological polar surface area (TPSA) is 83.5 Å². The maximum absolute atomic E-state index is 10.7. The summed E-state index contributed by atoms with van der Waals surface area (Å²) in [6.45, 7) is 0. The number of nitrogens with two attached hydrogens (primary N) is 1. The van der Waals surface area contributed by atoms with Gasteiger partial charge in [-0.25, -0.2) is 0 Å². The van der Waals surface area contributed by atoms with Crippen LogP contribution in [0.1, 0.15) is 11.6 Å². The van der Waals surface area contributed by atoms with Gasteiger partial charge in [-0.05, 0) is 18.4 Å². The highest BCUT2D eigenvalue weighted by Gasteiger charge is 2.21. The zero-order valence-corrected chi connectivity index (χ0v) is 8.41. The van der Waals surface area contributed by atoms with Crippen LogP contribution in [0.5, 0.6) is 5.75 Å². The van der Waals surface area contributed by atoms with E-state index in [9.17, 15) is 9.90 Å². The van der Waals surface area contributed by atoms with E-state index >= 15 is 0 Å². The first-order chi connectivity index (χ1) is 6.57. The first kappa shape index (κ1) is 10.9. The number of benzene rings is 1. The fourth-order valence-electron chi connectivity index (χ4n) is 1.15. The predicted molar refractivity (Wildman–Crippen MR) is 54.5 cm³/mol.